The molecule has 2 aromatic carbocycles. The van der Waals surface area contributed by atoms with Crippen LogP contribution >= 0.6 is 11.6 Å². The molecule has 0 fully saturated rings. The molecule has 0 unspecified atom stereocenters. The SMILES string of the molecule is Cc1cccc2c1N(C(=O)Cc1ccc(Cl)cc1)CC2. The smallest absolute Gasteiger partial charge is 0.231 e. The maximum Gasteiger partial charge on any atom is 0.231 e. The zero-order valence-electron chi connectivity index (χ0n) is 11.4. The number of fused-ring (bicyclic) bond motifs is 1. The summed E-state index contributed by atoms with van der Waals surface area (Å²) in [5, 5.41) is 0.698. The average molecular weight is 286 g/mol. The van der Waals surface area contributed by atoms with Crippen molar-refractivity contribution in [2.24, 2.45) is 0 Å². The van der Waals surface area contributed by atoms with Crippen LogP contribution in [0.4, 0.5) is 5.69 Å². The summed E-state index contributed by atoms with van der Waals surface area (Å²) in [7, 11) is 0. The third kappa shape index (κ3) is 2.44. The molecule has 1 aliphatic rings. The van der Waals surface area contributed by atoms with E-state index < -0.39 is 0 Å². The molecule has 0 atom stereocenters. The van der Waals surface area contributed by atoms with Gasteiger partial charge in [0.15, 0.2) is 0 Å². The maximum atomic E-state index is 12.5. The van der Waals surface area contributed by atoms with Crippen LogP contribution in [0.3, 0.4) is 0 Å². The van der Waals surface area contributed by atoms with Gasteiger partial charge < -0.3 is 4.90 Å². The minimum absolute atomic E-state index is 0.153. The molecule has 102 valence electrons. The highest BCUT2D eigenvalue weighted by molar-refractivity contribution is 6.30. The Bertz CT molecular complexity index is 649. The fourth-order valence-corrected chi connectivity index (χ4v) is 2.90. The lowest BCUT2D eigenvalue weighted by Crippen LogP contribution is -2.30. The van der Waals surface area contributed by atoms with Gasteiger partial charge in [-0.2, -0.15) is 0 Å². The molecule has 3 heteroatoms. The average Bonchev–Trinajstić information content (AvgIpc) is 2.87. The Kier molecular flexibility index (Phi) is 3.49. The van der Waals surface area contributed by atoms with E-state index in [1.165, 1.54) is 11.1 Å². The number of anilines is 1. The Morgan fingerprint density at radius 2 is 1.95 bits per heavy atom. The van der Waals surface area contributed by atoms with Gasteiger partial charge in [0.2, 0.25) is 5.91 Å². The molecule has 0 spiro atoms. The van der Waals surface area contributed by atoms with E-state index in [4.69, 9.17) is 11.6 Å². The molecule has 20 heavy (non-hydrogen) atoms. The Balaban J connectivity index is 1.82. The Morgan fingerprint density at radius 3 is 2.70 bits per heavy atom. The van der Waals surface area contributed by atoms with Gasteiger partial charge in [0, 0.05) is 17.3 Å². The maximum absolute atomic E-state index is 12.5. The van der Waals surface area contributed by atoms with E-state index in [2.05, 4.69) is 25.1 Å². The highest BCUT2D eigenvalue weighted by atomic mass is 35.5. The van der Waals surface area contributed by atoms with Crippen LogP contribution in [-0.2, 0) is 17.6 Å². The summed E-state index contributed by atoms with van der Waals surface area (Å²) in [6.07, 6.45) is 1.37. The first-order valence-electron chi connectivity index (χ1n) is 6.78. The summed E-state index contributed by atoms with van der Waals surface area (Å²) in [5.74, 6) is 0.153. The summed E-state index contributed by atoms with van der Waals surface area (Å²) >= 11 is 5.87. The van der Waals surface area contributed by atoms with Crippen LogP contribution in [0.2, 0.25) is 5.02 Å². The summed E-state index contributed by atoms with van der Waals surface area (Å²) in [4.78, 5) is 14.4. The van der Waals surface area contributed by atoms with Crippen LogP contribution in [0, 0.1) is 6.92 Å². The largest absolute Gasteiger partial charge is 0.311 e. The van der Waals surface area contributed by atoms with Gasteiger partial charge in [-0.25, -0.2) is 0 Å². The van der Waals surface area contributed by atoms with Gasteiger partial charge in [0.05, 0.1) is 6.42 Å². The normalized spacial score (nSPS) is 13.4. The molecule has 3 rings (SSSR count). The summed E-state index contributed by atoms with van der Waals surface area (Å²) in [6.45, 7) is 2.85. The zero-order chi connectivity index (χ0) is 14.1. The molecule has 0 bridgehead atoms. The predicted molar refractivity (Wildman–Crippen MR) is 82.4 cm³/mol. The van der Waals surface area contributed by atoms with Crippen molar-refractivity contribution >= 4 is 23.2 Å². The van der Waals surface area contributed by atoms with Crippen LogP contribution in [0.15, 0.2) is 42.5 Å². The topological polar surface area (TPSA) is 20.3 Å². The number of halogens is 1. The van der Waals surface area contributed by atoms with Crippen LogP contribution in [0.25, 0.3) is 0 Å². The van der Waals surface area contributed by atoms with E-state index in [0.29, 0.717) is 11.4 Å². The molecule has 0 aliphatic carbocycles. The Labute approximate surface area is 124 Å². The van der Waals surface area contributed by atoms with Crippen molar-refractivity contribution in [1.29, 1.82) is 0 Å². The zero-order valence-corrected chi connectivity index (χ0v) is 12.2. The standard InChI is InChI=1S/C17H16ClNO/c1-12-3-2-4-14-9-10-19(17(12)14)16(20)11-13-5-7-15(18)8-6-13/h2-8H,9-11H2,1H3. The van der Waals surface area contributed by atoms with E-state index in [1.54, 1.807) is 0 Å². The molecule has 1 heterocycles. The second-order valence-electron chi connectivity index (χ2n) is 5.18. The van der Waals surface area contributed by atoms with Gasteiger partial charge in [0.1, 0.15) is 0 Å². The number of para-hydroxylation sites is 1. The van der Waals surface area contributed by atoms with Gasteiger partial charge in [0.25, 0.3) is 0 Å². The van der Waals surface area contributed by atoms with E-state index in [1.807, 2.05) is 29.2 Å². The summed E-state index contributed by atoms with van der Waals surface area (Å²) in [5.41, 5.74) is 4.55. The number of aryl methyl sites for hydroxylation is 1. The molecule has 0 N–H and O–H groups in total. The number of carbonyl (C=O) groups is 1. The molecule has 0 saturated heterocycles. The molecule has 1 amide bonds. The first-order chi connectivity index (χ1) is 9.65. The number of nitrogens with zero attached hydrogens (tertiary/aromatic N) is 1. The Hall–Kier alpha value is -1.80. The van der Waals surface area contributed by atoms with Gasteiger partial charge in [-0.05, 0) is 42.2 Å². The number of hydrogen-bond acceptors (Lipinski definition) is 1. The molecule has 0 aromatic heterocycles. The molecule has 0 radical (unpaired) electrons. The number of benzene rings is 2. The molecule has 2 aromatic rings. The van der Waals surface area contributed by atoms with Gasteiger partial charge in [-0.15, -0.1) is 0 Å². The minimum Gasteiger partial charge on any atom is -0.311 e. The minimum atomic E-state index is 0.153. The summed E-state index contributed by atoms with van der Waals surface area (Å²) < 4.78 is 0. The first kappa shape index (κ1) is 13.2. The predicted octanol–water partition coefficient (Wildman–Crippen LogP) is 3.78. The number of rotatable bonds is 2. The third-order valence-electron chi connectivity index (χ3n) is 3.77. The van der Waals surface area contributed by atoms with Crippen molar-refractivity contribution < 1.29 is 4.79 Å². The second kappa shape index (κ2) is 5.29. The molecule has 0 saturated carbocycles. The van der Waals surface area contributed by atoms with Crippen LogP contribution in [0.1, 0.15) is 16.7 Å². The van der Waals surface area contributed by atoms with Crippen molar-refractivity contribution in [2.75, 3.05) is 11.4 Å². The molecule has 1 aliphatic heterocycles. The lowest BCUT2D eigenvalue weighted by molar-refractivity contribution is -0.117. The quantitative estimate of drug-likeness (QED) is 0.822. The number of amides is 1. The molecular weight excluding hydrogens is 270 g/mol. The van der Waals surface area contributed by atoms with Gasteiger partial charge in [-0.3, -0.25) is 4.79 Å². The van der Waals surface area contributed by atoms with E-state index in [-0.39, 0.29) is 5.91 Å². The number of carbonyl (C=O) groups excluding carboxylic acids is 1. The van der Waals surface area contributed by atoms with E-state index in [0.717, 1.165) is 24.2 Å². The van der Waals surface area contributed by atoms with Gasteiger partial charge in [-0.1, -0.05) is 41.9 Å². The van der Waals surface area contributed by atoms with Crippen molar-refractivity contribution in [3.05, 3.63) is 64.2 Å². The Morgan fingerprint density at radius 1 is 1.20 bits per heavy atom. The van der Waals surface area contributed by atoms with Gasteiger partial charge >= 0.3 is 0 Å². The summed E-state index contributed by atoms with van der Waals surface area (Å²) in [6, 6.07) is 13.7. The van der Waals surface area contributed by atoms with Crippen molar-refractivity contribution in [2.45, 2.75) is 19.8 Å². The van der Waals surface area contributed by atoms with Crippen LogP contribution in [0.5, 0.6) is 0 Å². The fourth-order valence-electron chi connectivity index (χ4n) is 2.77. The van der Waals surface area contributed by atoms with Crippen LogP contribution < -0.4 is 4.90 Å². The third-order valence-corrected chi connectivity index (χ3v) is 4.02. The highest BCUT2D eigenvalue weighted by Crippen LogP contribution is 2.31. The van der Waals surface area contributed by atoms with E-state index >= 15 is 0 Å². The lowest BCUT2D eigenvalue weighted by atomic mass is 10.1. The van der Waals surface area contributed by atoms with Crippen molar-refractivity contribution in [3.63, 3.8) is 0 Å². The van der Waals surface area contributed by atoms with Crippen molar-refractivity contribution in [3.8, 4) is 0 Å². The number of hydrogen-bond donors (Lipinski definition) is 0. The monoisotopic (exact) mass is 285 g/mol. The van der Waals surface area contributed by atoms with E-state index in [9.17, 15) is 4.79 Å². The fraction of sp³-hybridized carbons (Fsp3) is 0.235. The van der Waals surface area contributed by atoms with Crippen molar-refractivity contribution in [1.82, 2.24) is 0 Å². The lowest BCUT2D eigenvalue weighted by Gasteiger charge is -2.19. The second-order valence-corrected chi connectivity index (χ2v) is 5.62. The molecular formula is C17H16ClNO. The highest BCUT2D eigenvalue weighted by Gasteiger charge is 2.25. The van der Waals surface area contributed by atoms with Crippen LogP contribution in [-0.4, -0.2) is 12.5 Å². The molecule has 2 nitrogen and oxygen atoms in total. The first-order valence-corrected chi connectivity index (χ1v) is 7.16.